The van der Waals surface area contributed by atoms with Gasteiger partial charge in [0.2, 0.25) is 0 Å². The van der Waals surface area contributed by atoms with E-state index >= 15 is 0 Å². The lowest BCUT2D eigenvalue weighted by molar-refractivity contribution is 0.0948. The van der Waals surface area contributed by atoms with Gasteiger partial charge in [0.15, 0.2) is 5.69 Å². The molecule has 1 aliphatic rings. The first kappa shape index (κ1) is 16.4. The van der Waals surface area contributed by atoms with Gasteiger partial charge in [-0.25, -0.2) is 9.07 Å². The average Bonchev–Trinajstić information content (AvgIpc) is 3.26. The Bertz CT molecular complexity index is 919. The Morgan fingerprint density at radius 3 is 2.81 bits per heavy atom. The van der Waals surface area contributed by atoms with Gasteiger partial charge in [-0.15, -0.1) is 0 Å². The van der Waals surface area contributed by atoms with Gasteiger partial charge in [-0.05, 0) is 61.6 Å². The molecule has 6 heteroatoms. The van der Waals surface area contributed by atoms with Crippen LogP contribution in [0.15, 0.2) is 48.8 Å². The number of carbonyl (C=O) groups excluding carboxylic acids is 1. The fourth-order valence-electron chi connectivity index (χ4n) is 3.37. The Kier molecular flexibility index (Phi) is 4.48. The van der Waals surface area contributed by atoms with Crippen LogP contribution in [-0.4, -0.2) is 27.2 Å². The fourth-order valence-corrected chi connectivity index (χ4v) is 3.37. The summed E-state index contributed by atoms with van der Waals surface area (Å²) in [5, 5.41) is 7.48. The molecule has 1 aliphatic carbocycles. The number of halogens is 1. The molecule has 4 rings (SSSR count). The first-order valence-electron chi connectivity index (χ1n) is 8.76. The fraction of sp³-hybridized carbons (Fsp3) is 0.250. The van der Waals surface area contributed by atoms with Gasteiger partial charge in [-0.1, -0.05) is 6.07 Å². The molecule has 1 amide bonds. The third-order valence-corrected chi connectivity index (χ3v) is 4.64. The Labute approximate surface area is 150 Å². The molecule has 132 valence electrons. The van der Waals surface area contributed by atoms with Gasteiger partial charge in [0, 0.05) is 30.2 Å². The zero-order valence-electron chi connectivity index (χ0n) is 14.3. The lowest BCUT2D eigenvalue weighted by Crippen LogP contribution is -2.27. The number of aromatic nitrogens is 3. The number of pyridine rings is 1. The van der Waals surface area contributed by atoms with E-state index in [1.54, 1.807) is 29.2 Å². The molecule has 0 unspecified atom stereocenters. The highest BCUT2D eigenvalue weighted by atomic mass is 19.1. The van der Waals surface area contributed by atoms with Crippen molar-refractivity contribution in [2.45, 2.75) is 25.7 Å². The van der Waals surface area contributed by atoms with Crippen molar-refractivity contribution >= 4 is 5.91 Å². The number of hydrogen-bond acceptors (Lipinski definition) is 3. The number of carbonyl (C=O) groups is 1. The lowest BCUT2D eigenvalue weighted by Gasteiger charge is -2.05. The number of benzene rings is 1. The molecule has 3 aromatic rings. The zero-order valence-corrected chi connectivity index (χ0v) is 14.3. The van der Waals surface area contributed by atoms with E-state index in [1.807, 2.05) is 12.1 Å². The SMILES string of the molecule is O=C(NCCc1cccnc1)c1nn(-c2ccc(F)cc2)c2c1CCC2. The molecule has 0 saturated heterocycles. The quantitative estimate of drug-likeness (QED) is 0.770. The third-order valence-electron chi connectivity index (χ3n) is 4.64. The Hall–Kier alpha value is -3.02. The van der Waals surface area contributed by atoms with Crippen LogP contribution in [0.1, 0.15) is 33.7 Å². The van der Waals surface area contributed by atoms with Crippen molar-refractivity contribution in [2.75, 3.05) is 6.54 Å². The van der Waals surface area contributed by atoms with Crippen molar-refractivity contribution in [2.24, 2.45) is 0 Å². The van der Waals surface area contributed by atoms with Crippen LogP contribution in [0.5, 0.6) is 0 Å². The zero-order chi connectivity index (χ0) is 17.9. The summed E-state index contributed by atoms with van der Waals surface area (Å²) in [7, 11) is 0. The summed E-state index contributed by atoms with van der Waals surface area (Å²) in [4.78, 5) is 16.7. The topological polar surface area (TPSA) is 59.8 Å². The van der Waals surface area contributed by atoms with Gasteiger partial charge in [0.25, 0.3) is 5.91 Å². The molecule has 0 aliphatic heterocycles. The maximum Gasteiger partial charge on any atom is 0.272 e. The van der Waals surface area contributed by atoms with E-state index in [9.17, 15) is 9.18 Å². The van der Waals surface area contributed by atoms with Crippen molar-refractivity contribution < 1.29 is 9.18 Å². The van der Waals surface area contributed by atoms with Gasteiger partial charge >= 0.3 is 0 Å². The number of nitrogens with zero attached hydrogens (tertiary/aromatic N) is 3. The summed E-state index contributed by atoms with van der Waals surface area (Å²) in [5.41, 5.74) is 4.39. The molecule has 0 spiro atoms. The molecule has 1 aromatic carbocycles. The summed E-state index contributed by atoms with van der Waals surface area (Å²) in [6.45, 7) is 0.530. The highest BCUT2D eigenvalue weighted by Crippen LogP contribution is 2.27. The molecule has 0 fully saturated rings. The molecule has 26 heavy (non-hydrogen) atoms. The van der Waals surface area contributed by atoms with Gasteiger partial charge in [-0.2, -0.15) is 5.10 Å². The highest BCUT2D eigenvalue weighted by molar-refractivity contribution is 5.94. The van der Waals surface area contributed by atoms with Crippen molar-refractivity contribution in [1.82, 2.24) is 20.1 Å². The molecule has 0 bridgehead atoms. The number of nitrogens with one attached hydrogen (secondary N) is 1. The summed E-state index contributed by atoms with van der Waals surface area (Å²) in [6.07, 6.45) is 6.98. The smallest absolute Gasteiger partial charge is 0.272 e. The van der Waals surface area contributed by atoms with Crippen LogP contribution in [0, 0.1) is 5.82 Å². The number of rotatable bonds is 5. The first-order chi connectivity index (χ1) is 12.7. The van der Waals surface area contributed by atoms with Crippen molar-refractivity contribution in [1.29, 1.82) is 0 Å². The van der Waals surface area contributed by atoms with E-state index in [4.69, 9.17) is 0 Å². The Morgan fingerprint density at radius 1 is 1.19 bits per heavy atom. The van der Waals surface area contributed by atoms with Crippen molar-refractivity contribution in [3.63, 3.8) is 0 Å². The molecule has 2 heterocycles. The van der Waals surface area contributed by atoms with Gasteiger partial charge in [0.1, 0.15) is 5.82 Å². The predicted molar refractivity (Wildman–Crippen MR) is 95.8 cm³/mol. The first-order valence-corrected chi connectivity index (χ1v) is 8.76. The largest absolute Gasteiger partial charge is 0.350 e. The van der Waals surface area contributed by atoms with Gasteiger partial charge < -0.3 is 5.32 Å². The minimum Gasteiger partial charge on any atom is -0.350 e. The Morgan fingerprint density at radius 2 is 2.04 bits per heavy atom. The molecule has 0 saturated carbocycles. The summed E-state index contributed by atoms with van der Waals surface area (Å²) in [6, 6.07) is 10.1. The minimum atomic E-state index is -0.286. The summed E-state index contributed by atoms with van der Waals surface area (Å²) >= 11 is 0. The van der Waals surface area contributed by atoms with E-state index in [2.05, 4.69) is 15.4 Å². The van der Waals surface area contributed by atoms with E-state index in [-0.39, 0.29) is 11.7 Å². The van der Waals surface area contributed by atoms with E-state index in [0.29, 0.717) is 12.2 Å². The van der Waals surface area contributed by atoms with E-state index in [0.717, 1.165) is 48.2 Å². The van der Waals surface area contributed by atoms with Crippen LogP contribution >= 0.6 is 0 Å². The molecule has 0 radical (unpaired) electrons. The van der Waals surface area contributed by atoms with Crippen molar-refractivity contribution in [3.8, 4) is 5.69 Å². The third kappa shape index (κ3) is 3.22. The maximum absolute atomic E-state index is 13.2. The maximum atomic E-state index is 13.2. The number of fused-ring (bicyclic) bond motifs is 1. The standard InChI is InChI=1S/C20H19FN4O/c21-15-6-8-16(9-7-15)25-18-5-1-4-17(18)19(24-25)20(26)23-12-10-14-3-2-11-22-13-14/h2-3,6-9,11,13H,1,4-5,10,12H2,(H,23,26). The molecule has 1 N–H and O–H groups in total. The normalized spacial score (nSPS) is 12.8. The molecule has 2 aromatic heterocycles. The second-order valence-corrected chi connectivity index (χ2v) is 6.38. The van der Waals surface area contributed by atoms with Crippen LogP contribution in [0.4, 0.5) is 4.39 Å². The molecule has 0 atom stereocenters. The monoisotopic (exact) mass is 350 g/mol. The number of amides is 1. The second kappa shape index (κ2) is 7.07. The molecular weight excluding hydrogens is 331 g/mol. The van der Waals surface area contributed by atoms with Gasteiger partial charge in [0.05, 0.1) is 5.69 Å². The van der Waals surface area contributed by atoms with Crippen LogP contribution in [0.25, 0.3) is 5.69 Å². The molecule has 5 nitrogen and oxygen atoms in total. The van der Waals surface area contributed by atoms with Gasteiger partial charge in [-0.3, -0.25) is 9.78 Å². The van der Waals surface area contributed by atoms with Crippen molar-refractivity contribution in [3.05, 3.63) is 77.1 Å². The lowest BCUT2D eigenvalue weighted by atomic mass is 10.2. The van der Waals surface area contributed by atoms with E-state index in [1.165, 1.54) is 12.1 Å². The van der Waals surface area contributed by atoms with Crippen LogP contribution in [0.2, 0.25) is 0 Å². The predicted octanol–water partition coefficient (Wildman–Crippen LogP) is 2.87. The average molecular weight is 350 g/mol. The summed E-state index contributed by atoms with van der Waals surface area (Å²) < 4.78 is 15.0. The summed E-state index contributed by atoms with van der Waals surface area (Å²) in [5.74, 6) is -0.446. The second-order valence-electron chi connectivity index (χ2n) is 6.38. The minimum absolute atomic E-state index is 0.159. The van der Waals surface area contributed by atoms with Crippen LogP contribution in [0.3, 0.4) is 0 Å². The Balaban J connectivity index is 1.52. The highest BCUT2D eigenvalue weighted by Gasteiger charge is 2.26. The van der Waals surface area contributed by atoms with E-state index < -0.39 is 0 Å². The number of hydrogen-bond donors (Lipinski definition) is 1. The molecular formula is C20H19FN4O. The van der Waals surface area contributed by atoms with Crippen LogP contribution in [-0.2, 0) is 19.3 Å². The van der Waals surface area contributed by atoms with Crippen LogP contribution < -0.4 is 5.32 Å².